The monoisotopic (exact) mass is 226 g/mol. The summed E-state index contributed by atoms with van der Waals surface area (Å²) in [5.74, 6) is -0.139. The number of benzene rings is 1. The minimum absolute atomic E-state index is 0.139. The first-order valence-electron chi connectivity index (χ1n) is 5.10. The fourth-order valence-electron chi connectivity index (χ4n) is 1.38. The summed E-state index contributed by atoms with van der Waals surface area (Å²) in [6, 6.07) is 14.4. The summed E-state index contributed by atoms with van der Waals surface area (Å²) in [5, 5.41) is 10.5. The maximum atomic E-state index is 10.5. The van der Waals surface area contributed by atoms with Crippen LogP contribution in [0.15, 0.2) is 48.5 Å². The SMILES string of the molecule is O=[N+]([O-])c1cccc(/C=C/c2ccccc2)n1. The first-order chi connectivity index (χ1) is 8.25. The van der Waals surface area contributed by atoms with Crippen molar-refractivity contribution in [3.05, 3.63) is 69.9 Å². The van der Waals surface area contributed by atoms with Gasteiger partial charge >= 0.3 is 5.82 Å². The topological polar surface area (TPSA) is 56.0 Å². The molecule has 0 unspecified atom stereocenters. The summed E-state index contributed by atoms with van der Waals surface area (Å²) in [6.07, 6.45) is 3.62. The first-order valence-corrected chi connectivity index (χ1v) is 5.10. The standard InChI is InChI=1S/C13H10N2O2/c16-15(17)13-8-4-7-12(14-13)10-9-11-5-2-1-3-6-11/h1-10H/b10-9+. The molecular formula is C13H10N2O2. The summed E-state index contributed by atoms with van der Waals surface area (Å²) in [7, 11) is 0. The van der Waals surface area contributed by atoms with Crippen molar-refractivity contribution in [2.45, 2.75) is 0 Å². The Balaban J connectivity index is 2.22. The molecule has 2 rings (SSSR count). The number of aromatic nitrogens is 1. The molecule has 0 saturated heterocycles. The molecule has 0 amide bonds. The van der Waals surface area contributed by atoms with E-state index in [4.69, 9.17) is 0 Å². The van der Waals surface area contributed by atoms with E-state index in [9.17, 15) is 10.1 Å². The molecule has 1 heterocycles. The predicted molar refractivity (Wildman–Crippen MR) is 66.3 cm³/mol. The second-order valence-electron chi connectivity index (χ2n) is 3.42. The maximum absolute atomic E-state index is 10.5. The predicted octanol–water partition coefficient (Wildman–Crippen LogP) is 3.16. The average Bonchev–Trinajstić information content (AvgIpc) is 2.38. The van der Waals surface area contributed by atoms with E-state index in [0.29, 0.717) is 5.69 Å². The molecule has 4 nitrogen and oxygen atoms in total. The van der Waals surface area contributed by atoms with E-state index in [1.165, 1.54) is 6.07 Å². The molecule has 0 bridgehead atoms. The molecule has 0 radical (unpaired) electrons. The molecular weight excluding hydrogens is 216 g/mol. The van der Waals surface area contributed by atoms with E-state index in [2.05, 4.69) is 4.98 Å². The van der Waals surface area contributed by atoms with Crippen molar-refractivity contribution in [1.29, 1.82) is 0 Å². The van der Waals surface area contributed by atoms with Crippen LogP contribution in [0.3, 0.4) is 0 Å². The van der Waals surface area contributed by atoms with Crippen LogP contribution in [0.4, 0.5) is 5.82 Å². The molecule has 0 fully saturated rings. The third-order valence-corrected chi connectivity index (χ3v) is 2.19. The van der Waals surface area contributed by atoms with Gasteiger partial charge in [0, 0.05) is 6.07 Å². The Labute approximate surface area is 98.4 Å². The lowest BCUT2D eigenvalue weighted by Crippen LogP contribution is -1.92. The van der Waals surface area contributed by atoms with Gasteiger partial charge in [0.25, 0.3) is 0 Å². The van der Waals surface area contributed by atoms with Crippen LogP contribution in [0.25, 0.3) is 12.2 Å². The molecule has 1 aromatic carbocycles. The minimum atomic E-state index is -0.500. The Morgan fingerprint density at radius 2 is 1.76 bits per heavy atom. The molecule has 0 aliphatic rings. The van der Waals surface area contributed by atoms with Crippen molar-refractivity contribution in [3.8, 4) is 0 Å². The van der Waals surface area contributed by atoms with Gasteiger partial charge in [0.15, 0.2) is 5.69 Å². The van der Waals surface area contributed by atoms with Gasteiger partial charge in [0.1, 0.15) is 0 Å². The Hall–Kier alpha value is -2.49. The molecule has 84 valence electrons. The molecule has 1 aromatic heterocycles. The van der Waals surface area contributed by atoms with Gasteiger partial charge in [-0.1, -0.05) is 36.4 Å². The fourth-order valence-corrected chi connectivity index (χ4v) is 1.38. The van der Waals surface area contributed by atoms with Gasteiger partial charge in [0.05, 0.1) is 0 Å². The van der Waals surface area contributed by atoms with Crippen LogP contribution in [0.2, 0.25) is 0 Å². The van der Waals surface area contributed by atoms with Gasteiger partial charge in [-0.2, -0.15) is 0 Å². The highest BCUT2D eigenvalue weighted by Crippen LogP contribution is 2.10. The number of pyridine rings is 1. The van der Waals surface area contributed by atoms with E-state index in [-0.39, 0.29) is 5.82 Å². The van der Waals surface area contributed by atoms with Crippen molar-refractivity contribution in [2.75, 3.05) is 0 Å². The zero-order valence-electron chi connectivity index (χ0n) is 8.98. The van der Waals surface area contributed by atoms with Crippen molar-refractivity contribution in [1.82, 2.24) is 4.98 Å². The number of nitro groups is 1. The summed E-state index contributed by atoms with van der Waals surface area (Å²) in [5.41, 5.74) is 1.60. The number of rotatable bonds is 3. The molecule has 0 aliphatic carbocycles. The van der Waals surface area contributed by atoms with Crippen LogP contribution in [0, 0.1) is 10.1 Å². The zero-order chi connectivity index (χ0) is 12.1. The van der Waals surface area contributed by atoms with Gasteiger partial charge in [-0.05, 0) is 33.7 Å². The van der Waals surface area contributed by atoms with Crippen molar-refractivity contribution in [3.63, 3.8) is 0 Å². The van der Waals surface area contributed by atoms with Gasteiger partial charge < -0.3 is 10.1 Å². The molecule has 0 aliphatic heterocycles. The van der Waals surface area contributed by atoms with E-state index < -0.39 is 4.92 Å². The quantitative estimate of drug-likeness (QED) is 0.596. The highest BCUT2D eigenvalue weighted by atomic mass is 16.6. The normalized spacial score (nSPS) is 10.6. The van der Waals surface area contributed by atoms with Crippen molar-refractivity contribution < 1.29 is 4.92 Å². The van der Waals surface area contributed by atoms with E-state index >= 15 is 0 Å². The van der Waals surface area contributed by atoms with Crippen LogP contribution in [-0.2, 0) is 0 Å². The van der Waals surface area contributed by atoms with Crippen LogP contribution in [0.1, 0.15) is 11.3 Å². The lowest BCUT2D eigenvalue weighted by atomic mass is 10.2. The smallest absolute Gasteiger partial charge is 0.358 e. The number of hydrogen-bond acceptors (Lipinski definition) is 3. The Morgan fingerprint density at radius 3 is 2.47 bits per heavy atom. The van der Waals surface area contributed by atoms with Crippen LogP contribution in [0.5, 0.6) is 0 Å². The largest absolute Gasteiger partial charge is 0.364 e. The van der Waals surface area contributed by atoms with Gasteiger partial charge in [-0.15, -0.1) is 0 Å². The van der Waals surface area contributed by atoms with Gasteiger partial charge in [-0.25, -0.2) is 0 Å². The zero-order valence-corrected chi connectivity index (χ0v) is 8.98. The Morgan fingerprint density at radius 1 is 1.00 bits per heavy atom. The second-order valence-corrected chi connectivity index (χ2v) is 3.42. The molecule has 4 heteroatoms. The van der Waals surface area contributed by atoms with Crippen LogP contribution >= 0.6 is 0 Å². The highest BCUT2D eigenvalue weighted by molar-refractivity contribution is 5.68. The van der Waals surface area contributed by atoms with Crippen LogP contribution in [-0.4, -0.2) is 9.91 Å². The maximum Gasteiger partial charge on any atom is 0.364 e. The molecule has 2 aromatic rings. The van der Waals surface area contributed by atoms with Gasteiger partial charge in [-0.3, -0.25) is 0 Å². The summed E-state index contributed by atoms with van der Waals surface area (Å²) < 4.78 is 0. The van der Waals surface area contributed by atoms with Crippen molar-refractivity contribution in [2.24, 2.45) is 0 Å². The third kappa shape index (κ3) is 2.98. The molecule has 17 heavy (non-hydrogen) atoms. The first kappa shape index (κ1) is 11.0. The third-order valence-electron chi connectivity index (χ3n) is 2.19. The summed E-state index contributed by atoms with van der Waals surface area (Å²) in [6.45, 7) is 0. The Bertz CT molecular complexity index is 550. The lowest BCUT2D eigenvalue weighted by molar-refractivity contribution is -0.389. The number of nitrogens with zero attached hydrogens (tertiary/aromatic N) is 2. The minimum Gasteiger partial charge on any atom is -0.358 e. The molecule has 0 N–H and O–H groups in total. The molecule has 0 atom stereocenters. The van der Waals surface area contributed by atoms with E-state index in [1.54, 1.807) is 18.2 Å². The second kappa shape index (κ2) is 5.03. The average molecular weight is 226 g/mol. The highest BCUT2D eigenvalue weighted by Gasteiger charge is 2.06. The lowest BCUT2D eigenvalue weighted by Gasteiger charge is -1.92. The summed E-state index contributed by atoms with van der Waals surface area (Å²) in [4.78, 5) is 13.9. The Kier molecular flexibility index (Phi) is 3.25. The summed E-state index contributed by atoms with van der Waals surface area (Å²) >= 11 is 0. The van der Waals surface area contributed by atoms with Crippen molar-refractivity contribution >= 4 is 18.0 Å². The van der Waals surface area contributed by atoms with E-state index in [0.717, 1.165) is 5.56 Å². The molecule has 0 saturated carbocycles. The number of hydrogen-bond donors (Lipinski definition) is 0. The van der Waals surface area contributed by atoms with Crippen LogP contribution < -0.4 is 0 Å². The van der Waals surface area contributed by atoms with E-state index in [1.807, 2.05) is 36.4 Å². The van der Waals surface area contributed by atoms with Gasteiger partial charge in [0.2, 0.25) is 0 Å². The molecule has 0 spiro atoms. The fraction of sp³-hybridized carbons (Fsp3) is 0.